The number of phenols is 2. The molecule has 1 aliphatic carbocycles. The van der Waals surface area contributed by atoms with Gasteiger partial charge in [-0.15, -0.1) is 0 Å². The number of hydrogen-bond acceptors (Lipinski definition) is 8. The van der Waals surface area contributed by atoms with Crippen molar-refractivity contribution < 1.29 is 38.7 Å². The zero-order chi connectivity index (χ0) is 28.0. The number of hydrogen-bond donors (Lipinski definition) is 2. The fourth-order valence-corrected chi connectivity index (χ4v) is 5.93. The largest absolute Gasteiger partial charge is 0.508 e. The van der Waals surface area contributed by atoms with E-state index in [1.807, 2.05) is 36.4 Å². The van der Waals surface area contributed by atoms with Gasteiger partial charge in [0, 0.05) is 58.2 Å². The molecule has 0 aromatic heterocycles. The molecule has 2 N–H and O–H groups in total. The van der Waals surface area contributed by atoms with Gasteiger partial charge < -0.3 is 29.2 Å². The van der Waals surface area contributed by atoms with Gasteiger partial charge in [0.1, 0.15) is 28.7 Å². The Morgan fingerprint density at radius 2 is 1.60 bits per heavy atom. The number of ketones is 2. The van der Waals surface area contributed by atoms with Crippen LogP contribution in [0.5, 0.6) is 28.7 Å². The first-order valence-electron chi connectivity index (χ1n) is 13.0. The summed E-state index contributed by atoms with van der Waals surface area (Å²) in [6.45, 7) is 0.484. The number of methoxy groups -OCH3 is 2. The van der Waals surface area contributed by atoms with Crippen LogP contribution in [0.25, 0.3) is 0 Å². The quantitative estimate of drug-likeness (QED) is 0.453. The fraction of sp³-hybridized carbons (Fsp3) is 0.250. The molecule has 40 heavy (non-hydrogen) atoms. The van der Waals surface area contributed by atoms with Crippen LogP contribution in [0, 0.1) is 5.92 Å². The van der Waals surface area contributed by atoms with Gasteiger partial charge in [0.2, 0.25) is 5.78 Å². The van der Waals surface area contributed by atoms with Gasteiger partial charge in [-0.2, -0.15) is 0 Å². The monoisotopic (exact) mass is 540 g/mol. The van der Waals surface area contributed by atoms with Crippen molar-refractivity contribution in [2.24, 2.45) is 5.92 Å². The lowest BCUT2D eigenvalue weighted by molar-refractivity contribution is -0.117. The van der Waals surface area contributed by atoms with E-state index < -0.39 is 11.8 Å². The van der Waals surface area contributed by atoms with Crippen molar-refractivity contribution in [1.82, 2.24) is 0 Å². The number of aromatic hydroxyl groups is 2. The molecule has 0 radical (unpaired) electrons. The maximum absolute atomic E-state index is 13.2. The molecule has 3 aliphatic rings. The SMILES string of the molecule is COC1=CC(=O)C(C2COc3ccccc3C2c2cc(C3COc4cc(O)ccc4C3)c(O)cc2OC)=CC1=O. The summed E-state index contributed by atoms with van der Waals surface area (Å²) >= 11 is 0. The van der Waals surface area contributed by atoms with E-state index >= 15 is 0 Å². The number of carbonyl (C=O) groups excluding carboxylic acids is 2. The lowest BCUT2D eigenvalue weighted by atomic mass is 9.72. The van der Waals surface area contributed by atoms with E-state index in [1.165, 1.54) is 26.4 Å². The highest BCUT2D eigenvalue weighted by atomic mass is 16.5. The van der Waals surface area contributed by atoms with Crippen LogP contribution in [-0.4, -0.2) is 49.2 Å². The number of rotatable bonds is 5. The molecule has 0 spiro atoms. The minimum atomic E-state index is -0.501. The topological polar surface area (TPSA) is 112 Å². The Bertz CT molecular complexity index is 1580. The molecule has 204 valence electrons. The minimum absolute atomic E-state index is 0.00201. The van der Waals surface area contributed by atoms with Crippen molar-refractivity contribution in [1.29, 1.82) is 0 Å². The van der Waals surface area contributed by atoms with Crippen LogP contribution in [0.1, 0.15) is 34.1 Å². The average molecular weight is 541 g/mol. The Morgan fingerprint density at radius 3 is 2.40 bits per heavy atom. The highest BCUT2D eigenvalue weighted by Crippen LogP contribution is 2.50. The van der Waals surface area contributed by atoms with E-state index in [9.17, 15) is 19.8 Å². The zero-order valence-electron chi connectivity index (χ0n) is 22.0. The van der Waals surface area contributed by atoms with Crippen molar-refractivity contribution in [3.8, 4) is 28.7 Å². The summed E-state index contributed by atoms with van der Waals surface area (Å²) in [4.78, 5) is 25.9. The van der Waals surface area contributed by atoms with E-state index in [2.05, 4.69) is 0 Å². The van der Waals surface area contributed by atoms with E-state index in [-0.39, 0.29) is 41.3 Å². The van der Waals surface area contributed by atoms with E-state index in [0.29, 0.717) is 41.4 Å². The number of para-hydroxylation sites is 1. The van der Waals surface area contributed by atoms with Crippen LogP contribution in [0.2, 0.25) is 0 Å². The first kappa shape index (κ1) is 25.6. The van der Waals surface area contributed by atoms with Crippen LogP contribution in [0.15, 0.2) is 78.1 Å². The Labute approximate surface area is 231 Å². The van der Waals surface area contributed by atoms with Gasteiger partial charge in [-0.3, -0.25) is 9.59 Å². The normalized spacial score (nSPS) is 21.7. The zero-order valence-corrected chi connectivity index (χ0v) is 22.0. The lowest BCUT2D eigenvalue weighted by Gasteiger charge is -2.36. The molecule has 0 saturated heterocycles. The van der Waals surface area contributed by atoms with Crippen molar-refractivity contribution >= 4 is 11.6 Å². The molecule has 3 unspecified atom stereocenters. The maximum Gasteiger partial charge on any atom is 0.220 e. The van der Waals surface area contributed by atoms with Gasteiger partial charge in [-0.1, -0.05) is 24.3 Å². The predicted octanol–water partition coefficient (Wildman–Crippen LogP) is 4.57. The van der Waals surface area contributed by atoms with Gasteiger partial charge in [0.05, 0.1) is 27.4 Å². The second kappa shape index (κ2) is 10.1. The summed E-state index contributed by atoms with van der Waals surface area (Å²) in [5.41, 5.74) is 3.54. The summed E-state index contributed by atoms with van der Waals surface area (Å²) in [5, 5.41) is 20.9. The maximum atomic E-state index is 13.2. The molecule has 6 rings (SSSR count). The standard InChI is InChI=1S/C32H28O8/c1-37-30-13-25(34)21(18-9-17-7-8-19(33)10-29(17)39-15-18)11-23(30)32-20-5-3-4-6-28(20)40-16-24(32)22-12-27(36)31(38-2)14-26(22)35/h3-8,10-14,18,24,32-34H,9,15-16H2,1-2H3. The molecule has 3 atom stereocenters. The predicted molar refractivity (Wildman–Crippen MR) is 145 cm³/mol. The number of ether oxygens (including phenoxy) is 4. The number of phenolic OH excluding ortho intramolecular Hbond substituents is 2. The first-order valence-corrected chi connectivity index (χ1v) is 13.0. The molecule has 0 fully saturated rings. The number of fused-ring (bicyclic) bond motifs is 2. The Kier molecular flexibility index (Phi) is 6.46. The van der Waals surface area contributed by atoms with E-state index in [1.54, 1.807) is 18.2 Å². The van der Waals surface area contributed by atoms with Crippen molar-refractivity contribution in [2.45, 2.75) is 18.3 Å². The molecular formula is C32H28O8. The van der Waals surface area contributed by atoms with Crippen LogP contribution in [-0.2, 0) is 20.7 Å². The molecule has 8 nitrogen and oxygen atoms in total. The Morgan fingerprint density at radius 1 is 0.800 bits per heavy atom. The molecule has 0 bridgehead atoms. The molecule has 0 amide bonds. The number of allylic oxidation sites excluding steroid dienone is 2. The Balaban J connectivity index is 1.47. The molecule has 0 saturated carbocycles. The highest BCUT2D eigenvalue weighted by molar-refractivity contribution is 6.19. The summed E-state index contributed by atoms with van der Waals surface area (Å²) in [7, 11) is 2.89. The van der Waals surface area contributed by atoms with Crippen LogP contribution in [0.3, 0.4) is 0 Å². The Hall–Kier alpha value is -4.72. The smallest absolute Gasteiger partial charge is 0.220 e. The summed E-state index contributed by atoms with van der Waals surface area (Å²) < 4.78 is 22.9. The summed E-state index contributed by atoms with van der Waals surface area (Å²) in [6, 6.07) is 16.1. The molecule has 2 aliphatic heterocycles. The van der Waals surface area contributed by atoms with Gasteiger partial charge in [-0.25, -0.2) is 0 Å². The number of carbonyl (C=O) groups is 2. The van der Waals surface area contributed by atoms with Crippen LogP contribution < -0.4 is 14.2 Å². The third kappa shape index (κ3) is 4.35. The van der Waals surface area contributed by atoms with Crippen molar-refractivity contribution in [2.75, 3.05) is 27.4 Å². The van der Waals surface area contributed by atoms with Gasteiger partial charge in [0.15, 0.2) is 11.5 Å². The fourth-order valence-electron chi connectivity index (χ4n) is 5.93. The molecule has 8 heteroatoms. The third-order valence-electron chi connectivity index (χ3n) is 7.88. The second-order valence-electron chi connectivity index (χ2n) is 10.1. The second-order valence-corrected chi connectivity index (χ2v) is 10.1. The van der Waals surface area contributed by atoms with Gasteiger partial charge in [-0.05, 0) is 36.3 Å². The average Bonchev–Trinajstić information content (AvgIpc) is 2.97. The first-order chi connectivity index (χ1) is 19.4. The van der Waals surface area contributed by atoms with Crippen LogP contribution in [0.4, 0.5) is 0 Å². The van der Waals surface area contributed by atoms with E-state index in [0.717, 1.165) is 16.7 Å². The summed E-state index contributed by atoms with van der Waals surface area (Å²) in [5.74, 6) is 0.197. The van der Waals surface area contributed by atoms with Crippen molar-refractivity contribution in [3.05, 3.63) is 100 Å². The molecule has 3 aromatic rings. The minimum Gasteiger partial charge on any atom is -0.508 e. The molecular weight excluding hydrogens is 512 g/mol. The molecule has 2 heterocycles. The third-order valence-corrected chi connectivity index (χ3v) is 7.88. The van der Waals surface area contributed by atoms with Crippen molar-refractivity contribution in [3.63, 3.8) is 0 Å². The van der Waals surface area contributed by atoms with E-state index in [4.69, 9.17) is 18.9 Å². The van der Waals surface area contributed by atoms with Gasteiger partial charge in [0.25, 0.3) is 0 Å². The van der Waals surface area contributed by atoms with Gasteiger partial charge >= 0.3 is 0 Å². The summed E-state index contributed by atoms with van der Waals surface area (Å²) in [6.07, 6.45) is 3.17. The van der Waals surface area contributed by atoms with Crippen LogP contribution >= 0.6 is 0 Å². The molecule has 3 aromatic carbocycles. The number of benzene rings is 3. The highest BCUT2D eigenvalue weighted by Gasteiger charge is 2.40. The lowest BCUT2D eigenvalue weighted by Crippen LogP contribution is -2.33.